The summed E-state index contributed by atoms with van der Waals surface area (Å²) in [5.74, 6) is -0.122. The van der Waals surface area contributed by atoms with Crippen LogP contribution in [0, 0.1) is 5.41 Å². The lowest BCUT2D eigenvalue weighted by Gasteiger charge is -2.22. The SMILES string of the molecule is O=C(CO)N1CC[C@]2(CCNC2)C1. The van der Waals surface area contributed by atoms with Crippen LogP contribution in [-0.4, -0.2) is 48.7 Å². The van der Waals surface area contributed by atoms with Crippen LogP contribution in [0.2, 0.25) is 0 Å². The van der Waals surface area contributed by atoms with E-state index in [0.717, 1.165) is 32.6 Å². The topological polar surface area (TPSA) is 52.6 Å². The minimum absolute atomic E-state index is 0.122. The van der Waals surface area contributed by atoms with E-state index in [1.165, 1.54) is 6.42 Å². The highest BCUT2D eigenvalue weighted by Crippen LogP contribution is 2.35. The van der Waals surface area contributed by atoms with E-state index >= 15 is 0 Å². The molecular formula is C9H16N2O2. The standard InChI is InChI=1S/C9H16N2O2/c12-5-8(13)11-4-2-9(7-11)1-3-10-6-9/h10,12H,1-7H2/t9-/m0/s1. The van der Waals surface area contributed by atoms with Crippen LogP contribution in [0.4, 0.5) is 0 Å². The van der Waals surface area contributed by atoms with Gasteiger partial charge in [-0.2, -0.15) is 0 Å². The first-order chi connectivity index (χ1) is 6.26. The van der Waals surface area contributed by atoms with Crippen LogP contribution in [-0.2, 0) is 4.79 Å². The van der Waals surface area contributed by atoms with Gasteiger partial charge in [-0.1, -0.05) is 0 Å². The van der Waals surface area contributed by atoms with E-state index in [1.807, 2.05) is 0 Å². The Hall–Kier alpha value is -0.610. The predicted octanol–water partition coefficient (Wildman–Crippen LogP) is -0.809. The zero-order valence-electron chi connectivity index (χ0n) is 7.75. The number of nitrogens with one attached hydrogen (secondary N) is 1. The second kappa shape index (κ2) is 3.27. The van der Waals surface area contributed by atoms with Gasteiger partial charge in [-0.25, -0.2) is 0 Å². The Balaban J connectivity index is 1.96. The van der Waals surface area contributed by atoms with E-state index in [-0.39, 0.29) is 12.5 Å². The maximum absolute atomic E-state index is 11.2. The van der Waals surface area contributed by atoms with Crippen molar-refractivity contribution in [2.45, 2.75) is 12.8 Å². The van der Waals surface area contributed by atoms with Gasteiger partial charge in [0.2, 0.25) is 5.91 Å². The van der Waals surface area contributed by atoms with Gasteiger partial charge in [-0.3, -0.25) is 4.79 Å². The Morgan fingerprint density at radius 2 is 2.38 bits per heavy atom. The average Bonchev–Trinajstić information content (AvgIpc) is 2.76. The van der Waals surface area contributed by atoms with E-state index in [4.69, 9.17) is 5.11 Å². The fourth-order valence-electron chi connectivity index (χ4n) is 2.39. The number of rotatable bonds is 1. The average molecular weight is 184 g/mol. The third-order valence-corrected chi connectivity index (χ3v) is 3.26. The Kier molecular flexibility index (Phi) is 2.26. The van der Waals surface area contributed by atoms with Crippen molar-refractivity contribution in [2.24, 2.45) is 5.41 Å². The van der Waals surface area contributed by atoms with Crippen LogP contribution in [0.1, 0.15) is 12.8 Å². The molecule has 2 aliphatic rings. The maximum atomic E-state index is 11.2. The summed E-state index contributed by atoms with van der Waals surface area (Å²) >= 11 is 0. The van der Waals surface area contributed by atoms with Crippen molar-refractivity contribution in [1.29, 1.82) is 0 Å². The van der Waals surface area contributed by atoms with Crippen LogP contribution < -0.4 is 5.32 Å². The Bertz CT molecular complexity index is 212. The minimum atomic E-state index is -0.344. The quantitative estimate of drug-likeness (QED) is 0.560. The third kappa shape index (κ3) is 1.56. The van der Waals surface area contributed by atoms with Crippen molar-refractivity contribution in [3.05, 3.63) is 0 Å². The Morgan fingerprint density at radius 3 is 3.00 bits per heavy atom. The van der Waals surface area contributed by atoms with E-state index in [0.29, 0.717) is 5.41 Å². The van der Waals surface area contributed by atoms with E-state index in [2.05, 4.69) is 5.32 Å². The smallest absolute Gasteiger partial charge is 0.248 e. The molecule has 0 bridgehead atoms. The van der Waals surface area contributed by atoms with Gasteiger partial charge >= 0.3 is 0 Å². The third-order valence-electron chi connectivity index (χ3n) is 3.26. The lowest BCUT2D eigenvalue weighted by Crippen LogP contribution is -2.34. The Labute approximate surface area is 77.9 Å². The summed E-state index contributed by atoms with van der Waals surface area (Å²) in [6, 6.07) is 0. The van der Waals surface area contributed by atoms with Gasteiger partial charge in [0.25, 0.3) is 0 Å². The number of aliphatic hydroxyl groups is 1. The van der Waals surface area contributed by atoms with Crippen molar-refractivity contribution in [1.82, 2.24) is 10.2 Å². The second-order valence-electron chi connectivity index (χ2n) is 4.15. The highest BCUT2D eigenvalue weighted by Gasteiger charge is 2.41. The van der Waals surface area contributed by atoms with Crippen LogP contribution in [0.3, 0.4) is 0 Å². The zero-order valence-corrected chi connectivity index (χ0v) is 7.75. The molecule has 2 aliphatic heterocycles. The van der Waals surface area contributed by atoms with Gasteiger partial charge in [0, 0.05) is 25.0 Å². The molecular weight excluding hydrogens is 168 g/mol. The molecule has 1 spiro atoms. The lowest BCUT2D eigenvalue weighted by molar-refractivity contribution is -0.133. The number of nitrogens with zero attached hydrogens (tertiary/aromatic N) is 1. The van der Waals surface area contributed by atoms with Gasteiger partial charge in [0.1, 0.15) is 6.61 Å². The van der Waals surface area contributed by atoms with Gasteiger partial charge in [0.15, 0.2) is 0 Å². The van der Waals surface area contributed by atoms with Crippen molar-refractivity contribution >= 4 is 5.91 Å². The van der Waals surface area contributed by atoms with E-state index in [1.54, 1.807) is 4.90 Å². The second-order valence-corrected chi connectivity index (χ2v) is 4.15. The summed E-state index contributed by atoms with van der Waals surface area (Å²) in [5.41, 5.74) is 0.324. The molecule has 0 aromatic rings. The first-order valence-electron chi connectivity index (χ1n) is 4.85. The predicted molar refractivity (Wildman–Crippen MR) is 48.2 cm³/mol. The molecule has 0 saturated carbocycles. The molecule has 2 fully saturated rings. The number of amides is 1. The molecule has 0 radical (unpaired) electrons. The Morgan fingerprint density at radius 1 is 1.54 bits per heavy atom. The maximum Gasteiger partial charge on any atom is 0.248 e. The first-order valence-corrected chi connectivity index (χ1v) is 4.85. The minimum Gasteiger partial charge on any atom is -0.387 e. The molecule has 74 valence electrons. The number of hydrogen-bond acceptors (Lipinski definition) is 3. The van der Waals surface area contributed by atoms with E-state index in [9.17, 15) is 4.79 Å². The van der Waals surface area contributed by atoms with Crippen molar-refractivity contribution < 1.29 is 9.90 Å². The van der Waals surface area contributed by atoms with Gasteiger partial charge < -0.3 is 15.3 Å². The highest BCUT2D eigenvalue weighted by molar-refractivity contribution is 5.77. The van der Waals surface area contributed by atoms with Gasteiger partial charge in [-0.15, -0.1) is 0 Å². The molecule has 0 unspecified atom stereocenters. The van der Waals surface area contributed by atoms with E-state index < -0.39 is 0 Å². The summed E-state index contributed by atoms with van der Waals surface area (Å²) in [6.07, 6.45) is 2.26. The fourth-order valence-corrected chi connectivity index (χ4v) is 2.39. The normalized spacial score (nSPS) is 33.2. The molecule has 0 aromatic heterocycles. The highest BCUT2D eigenvalue weighted by atomic mass is 16.3. The molecule has 2 N–H and O–H groups in total. The molecule has 1 amide bonds. The number of carbonyl (C=O) groups is 1. The molecule has 4 heteroatoms. The fraction of sp³-hybridized carbons (Fsp3) is 0.889. The molecule has 4 nitrogen and oxygen atoms in total. The lowest BCUT2D eigenvalue weighted by atomic mass is 9.87. The van der Waals surface area contributed by atoms with Crippen molar-refractivity contribution in [3.63, 3.8) is 0 Å². The first kappa shape index (κ1) is 8.97. The molecule has 2 saturated heterocycles. The van der Waals surface area contributed by atoms with Crippen molar-refractivity contribution in [2.75, 3.05) is 32.8 Å². The largest absolute Gasteiger partial charge is 0.387 e. The summed E-state index contributed by atoms with van der Waals surface area (Å²) in [7, 11) is 0. The van der Waals surface area contributed by atoms with Crippen LogP contribution in [0.25, 0.3) is 0 Å². The number of likely N-dealkylation sites (tertiary alicyclic amines) is 1. The summed E-state index contributed by atoms with van der Waals surface area (Å²) < 4.78 is 0. The van der Waals surface area contributed by atoms with Gasteiger partial charge in [0.05, 0.1) is 0 Å². The molecule has 2 heterocycles. The van der Waals surface area contributed by atoms with Crippen LogP contribution >= 0.6 is 0 Å². The number of carbonyl (C=O) groups excluding carboxylic acids is 1. The molecule has 2 rings (SSSR count). The monoisotopic (exact) mass is 184 g/mol. The van der Waals surface area contributed by atoms with Crippen molar-refractivity contribution in [3.8, 4) is 0 Å². The summed E-state index contributed by atoms with van der Waals surface area (Å²) in [6.45, 7) is 3.41. The summed E-state index contributed by atoms with van der Waals surface area (Å²) in [4.78, 5) is 13.0. The zero-order chi connectivity index (χ0) is 9.31. The van der Waals surface area contributed by atoms with Crippen LogP contribution in [0.15, 0.2) is 0 Å². The molecule has 0 aromatic carbocycles. The number of hydrogen-bond donors (Lipinski definition) is 2. The molecule has 1 atom stereocenters. The van der Waals surface area contributed by atoms with Crippen LogP contribution in [0.5, 0.6) is 0 Å². The molecule has 0 aliphatic carbocycles. The summed E-state index contributed by atoms with van der Waals surface area (Å²) in [5, 5.41) is 12.1. The van der Waals surface area contributed by atoms with Gasteiger partial charge in [-0.05, 0) is 19.4 Å². The molecule has 13 heavy (non-hydrogen) atoms. The number of aliphatic hydroxyl groups excluding tert-OH is 1.